The van der Waals surface area contributed by atoms with Crippen LogP contribution in [-0.2, 0) is 14.3 Å². The fraction of sp³-hybridized carbons (Fsp3) is 0.353. The molecule has 1 unspecified atom stereocenters. The lowest BCUT2D eigenvalue weighted by atomic mass is 9.80. The van der Waals surface area contributed by atoms with Crippen LogP contribution in [0.1, 0.15) is 47.9 Å². The molecule has 0 saturated carbocycles. The molecular formula is C17H16O5. The second-order valence-corrected chi connectivity index (χ2v) is 6.11. The summed E-state index contributed by atoms with van der Waals surface area (Å²) in [4.78, 5) is 36.7. The van der Waals surface area contributed by atoms with Gasteiger partial charge in [0.1, 0.15) is 11.7 Å². The Balaban J connectivity index is 2.16. The maximum atomic E-state index is 12.7. The molecule has 0 spiro atoms. The van der Waals surface area contributed by atoms with E-state index in [1.807, 2.05) is 0 Å². The zero-order chi connectivity index (χ0) is 16.1. The van der Waals surface area contributed by atoms with Crippen molar-refractivity contribution >= 4 is 17.5 Å². The van der Waals surface area contributed by atoms with Crippen molar-refractivity contribution in [3.05, 3.63) is 46.7 Å². The van der Waals surface area contributed by atoms with Crippen LogP contribution in [0.15, 0.2) is 35.6 Å². The fourth-order valence-electron chi connectivity index (χ4n) is 2.93. The highest BCUT2D eigenvalue weighted by Gasteiger charge is 2.46. The molecule has 0 bridgehead atoms. The lowest BCUT2D eigenvalue weighted by molar-refractivity contribution is -0.148. The molecule has 1 aromatic rings. The minimum Gasteiger partial charge on any atom is -0.483 e. The van der Waals surface area contributed by atoms with E-state index in [0.717, 1.165) is 0 Å². The number of hydrogen-bond acceptors (Lipinski definition) is 5. The van der Waals surface area contributed by atoms with E-state index >= 15 is 0 Å². The van der Waals surface area contributed by atoms with E-state index in [0.29, 0.717) is 17.5 Å². The molecule has 1 heterocycles. The number of allylic oxidation sites excluding steroid dienone is 1. The molecule has 5 heteroatoms. The van der Waals surface area contributed by atoms with Crippen molar-refractivity contribution in [3.63, 3.8) is 0 Å². The lowest BCUT2D eigenvalue weighted by Crippen LogP contribution is -2.44. The second kappa shape index (κ2) is 4.80. The molecule has 0 aromatic heterocycles. The highest BCUT2D eigenvalue weighted by Crippen LogP contribution is 2.39. The topological polar surface area (TPSA) is 69.7 Å². The molecule has 3 rings (SSSR count). The predicted molar refractivity (Wildman–Crippen MR) is 77.5 cm³/mol. The summed E-state index contributed by atoms with van der Waals surface area (Å²) in [5.74, 6) is -1.14. The Morgan fingerprint density at radius 1 is 1.18 bits per heavy atom. The number of carbonyl (C=O) groups excluding carboxylic acids is 3. The third-order valence-corrected chi connectivity index (χ3v) is 3.80. The molecular weight excluding hydrogens is 284 g/mol. The van der Waals surface area contributed by atoms with E-state index in [1.54, 1.807) is 38.1 Å². The standard InChI is InChI=1S/C17H16O5/c1-9(18)21-12-8-17(2,3)22-16-13(12)14(19)10-6-4-5-7-11(10)15(16)20/h4-7,12H,8H2,1-3H3. The van der Waals surface area contributed by atoms with Crippen molar-refractivity contribution < 1.29 is 23.9 Å². The zero-order valence-electron chi connectivity index (χ0n) is 12.6. The first-order valence-corrected chi connectivity index (χ1v) is 7.09. The van der Waals surface area contributed by atoms with Gasteiger partial charge in [-0.15, -0.1) is 0 Å². The molecule has 0 saturated heterocycles. The normalized spacial score (nSPS) is 22.6. The van der Waals surface area contributed by atoms with Crippen LogP contribution < -0.4 is 0 Å². The van der Waals surface area contributed by atoms with E-state index < -0.39 is 17.7 Å². The van der Waals surface area contributed by atoms with Crippen LogP contribution >= 0.6 is 0 Å². The number of ketones is 2. The van der Waals surface area contributed by atoms with Crippen LogP contribution in [0.5, 0.6) is 0 Å². The van der Waals surface area contributed by atoms with Crippen molar-refractivity contribution in [1.29, 1.82) is 0 Å². The van der Waals surface area contributed by atoms with Crippen LogP contribution in [0.2, 0.25) is 0 Å². The first-order chi connectivity index (χ1) is 10.3. The van der Waals surface area contributed by atoms with Crippen molar-refractivity contribution in [3.8, 4) is 0 Å². The minimum absolute atomic E-state index is 0.00574. The van der Waals surface area contributed by atoms with Gasteiger partial charge in [0, 0.05) is 24.5 Å². The van der Waals surface area contributed by atoms with Gasteiger partial charge in [-0.2, -0.15) is 0 Å². The van der Waals surface area contributed by atoms with Crippen LogP contribution in [0.4, 0.5) is 0 Å². The Morgan fingerprint density at radius 3 is 2.36 bits per heavy atom. The summed E-state index contributed by atoms with van der Waals surface area (Å²) in [5, 5.41) is 0. The summed E-state index contributed by atoms with van der Waals surface area (Å²) in [6, 6.07) is 6.60. The van der Waals surface area contributed by atoms with Gasteiger partial charge in [-0.05, 0) is 13.8 Å². The zero-order valence-corrected chi connectivity index (χ0v) is 12.6. The number of benzene rings is 1. The predicted octanol–water partition coefficient (Wildman–Crippen LogP) is 2.45. The Hall–Kier alpha value is -2.43. The summed E-state index contributed by atoms with van der Waals surface area (Å²) in [7, 11) is 0. The van der Waals surface area contributed by atoms with E-state index in [4.69, 9.17) is 9.47 Å². The molecule has 0 N–H and O–H groups in total. The van der Waals surface area contributed by atoms with Gasteiger partial charge >= 0.3 is 5.97 Å². The van der Waals surface area contributed by atoms with Crippen LogP contribution in [0, 0.1) is 0 Å². The second-order valence-electron chi connectivity index (χ2n) is 6.11. The maximum Gasteiger partial charge on any atom is 0.303 e. The van der Waals surface area contributed by atoms with Gasteiger partial charge in [0.25, 0.3) is 0 Å². The Bertz CT molecular complexity index is 726. The molecule has 0 radical (unpaired) electrons. The first-order valence-electron chi connectivity index (χ1n) is 7.09. The van der Waals surface area contributed by atoms with Crippen LogP contribution in [-0.4, -0.2) is 29.2 Å². The molecule has 0 fully saturated rings. The highest BCUT2D eigenvalue weighted by atomic mass is 16.6. The van der Waals surface area contributed by atoms with Crippen LogP contribution in [0.25, 0.3) is 0 Å². The monoisotopic (exact) mass is 300 g/mol. The Morgan fingerprint density at radius 2 is 1.77 bits per heavy atom. The molecule has 2 aliphatic rings. The highest BCUT2D eigenvalue weighted by molar-refractivity contribution is 6.26. The van der Waals surface area contributed by atoms with Gasteiger partial charge in [0.15, 0.2) is 11.5 Å². The maximum absolute atomic E-state index is 12.7. The van der Waals surface area contributed by atoms with E-state index in [-0.39, 0.29) is 22.9 Å². The summed E-state index contributed by atoms with van der Waals surface area (Å²) in [6.07, 6.45) is -0.437. The summed E-state index contributed by atoms with van der Waals surface area (Å²) in [6.45, 7) is 4.88. The Labute approximate surface area is 127 Å². The molecule has 1 aliphatic heterocycles. The van der Waals surface area contributed by atoms with E-state index in [1.165, 1.54) is 6.92 Å². The van der Waals surface area contributed by atoms with Gasteiger partial charge in [0.05, 0.1) is 5.57 Å². The van der Waals surface area contributed by atoms with Crippen LogP contribution in [0.3, 0.4) is 0 Å². The third kappa shape index (κ3) is 2.22. The van der Waals surface area contributed by atoms with Gasteiger partial charge in [-0.25, -0.2) is 0 Å². The number of esters is 1. The van der Waals surface area contributed by atoms with Crippen molar-refractivity contribution in [2.45, 2.75) is 38.9 Å². The summed E-state index contributed by atoms with van der Waals surface area (Å²) in [5.41, 5.74) is 0.108. The fourth-order valence-corrected chi connectivity index (χ4v) is 2.93. The Kier molecular flexibility index (Phi) is 3.16. The third-order valence-electron chi connectivity index (χ3n) is 3.80. The largest absolute Gasteiger partial charge is 0.483 e. The molecule has 1 atom stereocenters. The molecule has 114 valence electrons. The van der Waals surface area contributed by atoms with Crippen molar-refractivity contribution in [2.75, 3.05) is 0 Å². The molecule has 22 heavy (non-hydrogen) atoms. The van der Waals surface area contributed by atoms with Gasteiger partial charge in [-0.3, -0.25) is 14.4 Å². The molecule has 5 nitrogen and oxygen atoms in total. The van der Waals surface area contributed by atoms with E-state index in [2.05, 4.69) is 0 Å². The molecule has 0 amide bonds. The number of carbonyl (C=O) groups is 3. The van der Waals surface area contributed by atoms with Gasteiger partial charge < -0.3 is 9.47 Å². The van der Waals surface area contributed by atoms with Crippen molar-refractivity contribution in [2.24, 2.45) is 0 Å². The molecule has 1 aromatic carbocycles. The first kappa shape index (κ1) is 14.5. The number of fused-ring (bicyclic) bond motifs is 1. The quantitative estimate of drug-likeness (QED) is 0.745. The summed E-state index contributed by atoms with van der Waals surface area (Å²) < 4.78 is 11.0. The number of ether oxygens (including phenoxy) is 2. The summed E-state index contributed by atoms with van der Waals surface area (Å²) >= 11 is 0. The van der Waals surface area contributed by atoms with Gasteiger partial charge in [-0.1, -0.05) is 24.3 Å². The van der Waals surface area contributed by atoms with Gasteiger partial charge in [0.2, 0.25) is 5.78 Å². The SMILES string of the molecule is CC(=O)OC1CC(C)(C)OC2=C1C(=O)c1ccccc1C2=O. The van der Waals surface area contributed by atoms with E-state index in [9.17, 15) is 14.4 Å². The number of rotatable bonds is 1. The average Bonchev–Trinajstić information content (AvgIpc) is 2.42. The number of hydrogen-bond donors (Lipinski definition) is 0. The molecule has 1 aliphatic carbocycles. The number of Topliss-reactive ketones (excluding diaryl/α,β-unsaturated/α-hetero) is 2. The van der Waals surface area contributed by atoms with Crippen molar-refractivity contribution in [1.82, 2.24) is 0 Å². The lowest BCUT2D eigenvalue weighted by Gasteiger charge is -2.39. The minimum atomic E-state index is -0.763. The smallest absolute Gasteiger partial charge is 0.303 e. The average molecular weight is 300 g/mol.